The Balaban J connectivity index is 1.67. The monoisotopic (exact) mass is 301 g/mol. The summed E-state index contributed by atoms with van der Waals surface area (Å²) >= 11 is 0. The highest BCUT2D eigenvalue weighted by Crippen LogP contribution is 2.31. The highest BCUT2D eigenvalue weighted by Gasteiger charge is 2.28. The number of carbonyl (C=O) groups excluding carboxylic acids is 1. The van der Waals surface area contributed by atoms with Crippen molar-refractivity contribution in [3.05, 3.63) is 29.3 Å². The zero-order valence-electron chi connectivity index (χ0n) is 13.9. The van der Waals surface area contributed by atoms with Crippen LogP contribution in [0, 0.1) is 6.92 Å². The highest BCUT2D eigenvalue weighted by atomic mass is 16.2. The summed E-state index contributed by atoms with van der Waals surface area (Å²) in [5.41, 5.74) is 4.12. The molecular formula is C18H27N3O. The fourth-order valence-electron chi connectivity index (χ4n) is 3.21. The van der Waals surface area contributed by atoms with Crippen molar-refractivity contribution in [1.29, 1.82) is 0 Å². The maximum atomic E-state index is 12.1. The summed E-state index contributed by atoms with van der Waals surface area (Å²) in [5.74, 6) is 0.520. The van der Waals surface area contributed by atoms with E-state index in [9.17, 15) is 4.79 Å². The van der Waals surface area contributed by atoms with E-state index < -0.39 is 0 Å². The van der Waals surface area contributed by atoms with Gasteiger partial charge in [0.25, 0.3) is 0 Å². The van der Waals surface area contributed by atoms with E-state index in [2.05, 4.69) is 49.2 Å². The van der Waals surface area contributed by atoms with Crippen LogP contribution in [-0.2, 0) is 0 Å². The van der Waals surface area contributed by atoms with E-state index >= 15 is 0 Å². The Labute approximate surface area is 133 Å². The molecular weight excluding hydrogens is 274 g/mol. The van der Waals surface area contributed by atoms with E-state index in [0.717, 1.165) is 39.0 Å². The van der Waals surface area contributed by atoms with E-state index in [-0.39, 0.29) is 6.03 Å². The van der Waals surface area contributed by atoms with Crippen molar-refractivity contribution in [2.24, 2.45) is 0 Å². The smallest absolute Gasteiger partial charge is 0.317 e. The van der Waals surface area contributed by atoms with E-state index in [1.807, 2.05) is 4.90 Å². The van der Waals surface area contributed by atoms with Crippen molar-refractivity contribution in [2.45, 2.75) is 45.6 Å². The van der Waals surface area contributed by atoms with Crippen LogP contribution in [0.2, 0.25) is 0 Å². The van der Waals surface area contributed by atoms with Crippen LogP contribution in [-0.4, -0.2) is 43.2 Å². The molecule has 0 radical (unpaired) electrons. The van der Waals surface area contributed by atoms with Crippen LogP contribution in [0.3, 0.4) is 0 Å². The molecule has 0 atom stereocenters. The molecule has 4 heteroatoms. The number of hydrogen-bond donors (Lipinski definition) is 1. The Kier molecular flexibility index (Phi) is 4.27. The third-order valence-electron chi connectivity index (χ3n) is 4.68. The fourth-order valence-corrected chi connectivity index (χ4v) is 3.21. The number of urea groups is 1. The third-order valence-corrected chi connectivity index (χ3v) is 4.68. The molecule has 1 aliphatic carbocycles. The number of carbonyl (C=O) groups is 1. The van der Waals surface area contributed by atoms with Gasteiger partial charge >= 0.3 is 6.03 Å². The van der Waals surface area contributed by atoms with Crippen molar-refractivity contribution in [3.8, 4) is 0 Å². The molecule has 1 aliphatic heterocycles. The van der Waals surface area contributed by atoms with Gasteiger partial charge in [-0.15, -0.1) is 0 Å². The van der Waals surface area contributed by atoms with E-state index in [1.165, 1.54) is 16.8 Å². The Morgan fingerprint density at radius 3 is 2.45 bits per heavy atom. The molecule has 1 heterocycles. The van der Waals surface area contributed by atoms with Crippen molar-refractivity contribution in [3.63, 3.8) is 0 Å². The Hall–Kier alpha value is -1.71. The highest BCUT2D eigenvalue weighted by molar-refractivity contribution is 5.75. The van der Waals surface area contributed by atoms with Crippen LogP contribution in [0.5, 0.6) is 0 Å². The second-order valence-corrected chi connectivity index (χ2v) is 6.87. The first-order valence-corrected chi connectivity index (χ1v) is 8.46. The van der Waals surface area contributed by atoms with E-state index in [4.69, 9.17) is 0 Å². The SMILES string of the molecule is Cc1cccc(C(C)C)c1N1CCN(C(=O)NC2CC2)CC1. The van der Waals surface area contributed by atoms with Crippen molar-refractivity contribution in [1.82, 2.24) is 10.2 Å². The van der Waals surface area contributed by atoms with Gasteiger partial charge in [-0.3, -0.25) is 0 Å². The van der Waals surface area contributed by atoms with Gasteiger partial charge in [-0.05, 0) is 36.8 Å². The van der Waals surface area contributed by atoms with Crippen LogP contribution in [0.15, 0.2) is 18.2 Å². The first-order chi connectivity index (χ1) is 10.6. The molecule has 0 aromatic heterocycles. The first kappa shape index (κ1) is 15.2. The number of hydrogen-bond acceptors (Lipinski definition) is 2. The lowest BCUT2D eigenvalue weighted by Gasteiger charge is -2.38. The van der Waals surface area contributed by atoms with Crippen molar-refractivity contribution >= 4 is 11.7 Å². The van der Waals surface area contributed by atoms with E-state index in [0.29, 0.717) is 12.0 Å². The van der Waals surface area contributed by atoms with Gasteiger partial charge in [-0.2, -0.15) is 0 Å². The summed E-state index contributed by atoms with van der Waals surface area (Å²) in [6.45, 7) is 10.1. The maximum absolute atomic E-state index is 12.1. The van der Waals surface area contributed by atoms with Gasteiger partial charge in [-0.25, -0.2) is 4.79 Å². The number of amides is 2. The molecule has 0 spiro atoms. The van der Waals surface area contributed by atoms with Crippen molar-refractivity contribution in [2.75, 3.05) is 31.1 Å². The Morgan fingerprint density at radius 1 is 1.18 bits per heavy atom. The molecule has 120 valence electrons. The Bertz CT molecular complexity index is 543. The van der Waals surface area contributed by atoms with Crippen LogP contribution in [0.25, 0.3) is 0 Å². The summed E-state index contributed by atoms with van der Waals surface area (Å²) in [6, 6.07) is 7.13. The van der Waals surface area contributed by atoms with Crippen LogP contribution >= 0.6 is 0 Å². The molecule has 0 bridgehead atoms. The largest absolute Gasteiger partial charge is 0.368 e. The third kappa shape index (κ3) is 3.21. The molecule has 22 heavy (non-hydrogen) atoms. The van der Waals surface area contributed by atoms with Gasteiger partial charge in [0, 0.05) is 37.9 Å². The minimum Gasteiger partial charge on any atom is -0.368 e. The first-order valence-electron chi connectivity index (χ1n) is 8.46. The van der Waals surface area contributed by atoms with Crippen LogP contribution in [0.1, 0.15) is 43.7 Å². The Morgan fingerprint density at radius 2 is 1.86 bits per heavy atom. The lowest BCUT2D eigenvalue weighted by Crippen LogP contribution is -2.52. The molecule has 0 unspecified atom stereocenters. The average molecular weight is 301 g/mol. The molecule has 2 aliphatic rings. The molecule has 1 aromatic carbocycles. The lowest BCUT2D eigenvalue weighted by atomic mass is 9.97. The number of rotatable bonds is 3. The number of aryl methyl sites for hydroxylation is 1. The number of anilines is 1. The number of nitrogens with zero attached hydrogens (tertiary/aromatic N) is 2. The normalized spacial score (nSPS) is 18.7. The molecule has 1 aromatic rings. The minimum absolute atomic E-state index is 0.121. The summed E-state index contributed by atoms with van der Waals surface area (Å²) in [5, 5.41) is 3.09. The predicted octanol–water partition coefficient (Wildman–Crippen LogP) is 3.11. The second kappa shape index (κ2) is 6.19. The minimum atomic E-state index is 0.121. The average Bonchev–Trinajstić information content (AvgIpc) is 3.31. The van der Waals surface area contributed by atoms with Gasteiger partial charge < -0.3 is 15.1 Å². The van der Waals surface area contributed by atoms with Gasteiger partial charge in [0.1, 0.15) is 0 Å². The molecule has 1 saturated carbocycles. The zero-order valence-corrected chi connectivity index (χ0v) is 13.9. The topological polar surface area (TPSA) is 35.6 Å². The van der Waals surface area contributed by atoms with Crippen molar-refractivity contribution < 1.29 is 4.79 Å². The van der Waals surface area contributed by atoms with Crippen LogP contribution in [0.4, 0.5) is 10.5 Å². The molecule has 1 N–H and O–H groups in total. The van der Waals surface area contributed by atoms with Gasteiger partial charge in [0.15, 0.2) is 0 Å². The van der Waals surface area contributed by atoms with Crippen LogP contribution < -0.4 is 10.2 Å². The lowest BCUT2D eigenvalue weighted by molar-refractivity contribution is 0.194. The number of piperazine rings is 1. The van der Waals surface area contributed by atoms with Gasteiger partial charge in [0.05, 0.1) is 0 Å². The number of nitrogens with one attached hydrogen (secondary N) is 1. The fraction of sp³-hybridized carbons (Fsp3) is 0.611. The molecule has 2 fully saturated rings. The maximum Gasteiger partial charge on any atom is 0.317 e. The quantitative estimate of drug-likeness (QED) is 0.931. The molecule has 2 amide bonds. The second-order valence-electron chi connectivity index (χ2n) is 6.87. The molecule has 1 saturated heterocycles. The molecule has 4 nitrogen and oxygen atoms in total. The molecule has 3 rings (SSSR count). The standard InChI is InChI=1S/C18H27N3O/c1-13(2)16-6-4-5-14(3)17(16)20-9-11-21(12-10-20)18(22)19-15-7-8-15/h4-6,13,15H,7-12H2,1-3H3,(H,19,22). The number of benzene rings is 1. The summed E-state index contributed by atoms with van der Waals surface area (Å²) in [7, 11) is 0. The zero-order chi connectivity index (χ0) is 15.7. The summed E-state index contributed by atoms with van der Waals surface area (Å²) < 4.78 is 0. The van der Waals surface area contributed by atoms with E-state index in [1.54, 1.807) is 0 Å². The number of para-hydroxylation sites is 1. The van der Waals surface area contributed by atoms with Gasteiger partial charge in [-0.1, -0.05) is 32.0 Å². The predicted molar refractivity (Wildman–Crippen MR) is 90.6 cm³/mol. The summed E-state index contributed by atoms with van der Waals surface area (Å²) in [4.78, 5) is 16.5. The van der Waals surface area contributed by atoms with Gasteiger partial charge in [0.2, 0.25) is 0 Å². The summed E-state index contributed by atoms with van der Waals surface area (Å²) in [6.07, 6.45) is 2.29.